The van der Waals surface area contributed by atoms with E-state index < -0.39 is 0 Å². The van der Waals surface area contributed by atoms with E-state index in [1.165, 1.54) is 24.8 Å². The van der Waals surface area contributed by atoms with Crippen molar-refractivity contribution in [2.45, 2.75) is 31.2 Å². The van der Waals surface area contributed by atoms with E-state index >= 15 is 0 Å². The van der Waals surface area contributed by atoms with Crippen molar-refractivity contribution in [1.29, 1.82) is 0 Å². The van der Waals surface area contributed by atoms with E-state index in [0.717, 1.165) is 23.3 Å². The Hall–Kier alpha value is -0.530. The molecule has 2 N–H and O–H groups in total. The summed E-state index contributed by atoms with van der Waals surface area (Å²) < 4.78 is 0. The van der Waals surface area contributed by atoms with Crippen molar-refractivity contribution in [3.63, 3.8) is 0 Å². The van der Waals surface area contributed by atoms with E-state index in [1.807, 2.05) is 18.2 Å². The number of halogens is 1. The molecule has 15 heavy (non-hydrogen) atoms. The molecule has 0 amide bonds. The maximum atomic E-state index is 6.37. The molecule has 0 heterocycles. The van der Waals surface area contributed by atoms with E-state index in [-0.39, 0.29) is 5.54 Å². The maximum absolute atomic E-state index is 6.37. The molecule has 0 aliphatic heterocycles. The van der Waals surface area contributed by atoms with E-state index in [0.29, 0.717) is 0 Å². The van der Waals surface area contributed by atoms with E-state index in [2.05, 4.69) is 6.07 Å². The zero-order valence-corrected chi connectivity index (χ0v) is 9.50. The molecule has 2 heteroatoms. The highest BCUT2D eigenvalue weighted by Crippen LogP contribution is 2.57. The van der Waals surface area contributed by atoms with Crippen molar-refractivity contribution in [1.82, 2.24) is 0 Å². The molecule has 1 aromatic carbocycles. The van der Waals surface area contributed by atoms with Crippen molar-refractivity contribution in [2.75, 3.05) is 0 Å². The monoisotopic (exact) mass is 221 g/mol. The molecule has 3 rings (SSSR count). The Labute approximate surface area is 95.6 Å². The molecule has 2 atom stereocenters. The van der Waals surface area contributed by atoms with Gasteiger partial charge in [0.2, 0.25) is 0 Å². The summed E-state index contributed by atoms with van der Waals surface area (Å²) in [5.74, 6) is 1.70. The van der Waals surface area contributed by atoms with Crippen molar-refractivity contribution in [3.05, 3.63) is 34.9 Å². The molecule has 2 unspecified atom stereocenters. The molecule has 1 aromatic rings. The normalized spacial score (nSPS) is 34.1. The molecule has 0 radical (unpaired) electrons. The number of nitrogens with two attached hydrogens (primary N) is 1. The van der Waals surface area contributed by atoms with Gasteiger partial charge in [-0.2, -0.15) is 0 Å². The average Bonchev–Trinajstić information content (AvgIpc) is 3.05. The second-order valence-electron chi connectivity index (χ2n) is 5.15. The van der Waals surface area contributed by atoms with Crippen LogP contribution in [-0.4, -0.2) is 5.54 Å². The third-order valence-corrected chi connectivity index (χ3v) is 4.22. The zero-order chi connectivity index (χ0) is 10.5. The largest absolute Gasteiger partial charge is 0.325 e. The highest BCUT2D eigenvalue weighted by atomic mass is 35.5. The van der Waals surface area contributed by atoms with Crippen LogP contribution in [0.5, 0.6) is 0 Å². The second kappa shape index (κ2) is 3.23. The molecule has 2 aliphatic rings. The Bertz CT molecular complexity index is 386. The number of rotatable bonds is 3. The van der Waals surface area contributed by atoms with Crippen LogP contribution in [0.2, 0.25) is 5.02 Å². The van der Waals surface area contributed by atoms with Crippen molar-refractivity contribution in [2.24, 2.45) is 17.6 Å². The molecule has 2 aliphatic carbocycles. The predicted octanol–water partition coefficient (Wildman–Crippen LogP) is 3.01. The molecule has 0 spiro atoms. The lowest BCUT2D eigenvalue weighted by Crippen LogP contribution is -2.28. The molecule has 0 aromatic heterocycles. The first-order valence-electron chi connectivity index (χ1n) is 5.71. The second-order valence-corrected chi connectivity index (χ2v) is 5.56. The first-order valence-corrected chi connectivity index (χ1v) is 6.09. The minimum absolute atomic E-state index is 0.0617. The van der Waals surface area contributed by atoms with E-state index in [4.69, 9.17) is 17.3 Å². The standard InChI is InChI=1S/C13H16ClN/c14-12-4-2-1-3-10(12)7-13(15)8-11(13)9-5-6-9/h1-4,9,11H,5-8,15H2. The fourth-order valence-electron chi connectivity index (χ4n) is 2.68. The Morgan fingerprint density at radius 1 is 1.33 bits per heavy atom. The van der Waals surface area contributed by atoms with Gasteiger partial charge in [-0.05, 0) is 49.1 Å². The fraction of sp³-hybridized carbons (Fsp3) is 0.538. The van der Waals surface area contributed by atoms with Gasteiger partial charge in [-0.3, -0.25) is 0 Å². The summed E-state index contributed by atoms with van der Waals surface area (Å²) in [5, 5.41) is 0.865. The average molecular weight is 222 g/mol. The van der Waals surface area contributed by atoms with Crippen LogP contribution in [0, 0.1) is 11.8 Å². The summed E-state index contributed by atoms with van der Waals surface area (Å²) >= 11 is 6.15. The Kier molecular flexibility index (Phi) is 2.08. The molecular weight excluding hydrogens is 206 g/mol. The summed E-state index contributed by atoms with van der Waals surface area (Å²) in [6.07, 6.45) is 4.94. The third-order valence-electron chi connectivity index (χ3n) is 3.85. The van der Waals surface area contributed by atoms with Gasteiger partial charge in [0.15, 0.2) is 0 Å². The van der Waals surface area contributed by atoms with E-state index in [9.17, 15) is 0 Å². The zero-order valence-electron chi connectivity index (χ0n) is 8.75. The molecule has 2 saturated carbocycles. The molecular formula is C13H16ClN. The summed E-state index contributed by atoms with van der Waals surface area (Å²) in [4.78, 5) is 0. The first kappa shape index (κ1) is 9.68. The maximum Gasteiger partial charge on any atom is 0.0438 e. The van der Waals surface area contributed by atoms with Crippen LogP contribution in [0.4, 0.5) is 0 Å². The smallest absolute Gasteiger partial charge is 0.0438 e. The van der Waals surface area contributed by atoms with Gasteiger partial charge in [-0.1, -0.05) is 29.8 Å². The quantitative estimate of drug-likeness (QED) is 0.835. The summed E-state index contributed by atoms with van der Waals surface area (Å²) in [5.41, 5.74) is 7.65. The highest BCUT2D eigenvalue weighted by Gasteiger charge is 2.57. The third kappa shape index (κ3) is 1.79. The van der Waals surface area contributed by atoms with Gasteiger partial charge in [0.25, 0.3) is 0 Å². The van der Waals surface area contributed by atoms with Crippen molar-refractivity contribution < 1.29 is 0 Å². The predicted molar refractivity (Wildman–Crippen MR) is 62.9 cm³/mol. The van der Waals surface area contributed by atoms with Gasteiger partial charge in [-0.15, -0.1) is 0 Å². The molecule has 2 fully saturated rings. The lowest BCUT2D eigenvalue weighted by atomic mass is 10.0. The minimum Gasteiger partial charge on any atom is -0.325 e. The van der Waals surface area contributed by atoms with Gasteiger partial charge in [0.05, 0.1) is 0 Å². The summed E-state index contributed by atoms with van der Waals surface area (Å²) in [6, 6.07) is 8.06. The molecule has 1 nitrogen and oxygen atoms in total. The lowest BCUT2D eigenvalue weighted by molar-refractivity contribution is 0.548. The van der Waals surface area contributed by atoms with Crippen LogP contribution >= 0.6 is 11.6 Å². The topological polar surface area (TPSA) is 26.0 Å². The number of hydrogen-bond acceptors (Lipinski definition) is 1. The fourth-order valence-corrected chi connectivity index (χ4v) is 2.89. The molecule has 0 bridgehead atoms. The number of benzene rings is 1. The van der Waals surface area contributed by atoms with Crippen LogP contribution in [0.25, 0.3) is 0 Å². The van der Waals surface area contributed by atoms with Crippen LogP contribution in [0.15, 0.2) is 24.3 Å². The van der Waals surface area contributed by atoms with Crippen LogP contribution in [0.3, 0.4) is 0 Å². The molecule has 0 saturated heterocycles. The Morgan fingerprint density at radius 3 is 2.73 bits per heavy atom. The number of hydrogen-bond donors (Lipinski definition) is 1. The lowest BCUT2D eigenvalue weighted by Gasteiger charge is -2.12. The van der Waals surface area contributed by atoms with Gasteiger partial charge in [-0.25, -0.2) is 0 Å². The summed E-state index contributed by atoms with van der Waals surface area (Å²) in [6.45, 7) is 0. The molecule has 80 valence electrons. The van der Waals surface area contributed by atoms with Gasteiger partial charge < -0.3 is 5.73 Å². The van der Waals surface area contributed by atoms with Gasteiger partial charge in [0.1, 0.15) is 0 Å². The van der Waals surface area contributed by atoms with Crippen molar-refractivity contribution >= 4 is 11.6 Å². The van der Waals surface area contributed by atoms with Crippen LogP contribution in [-0.2, 0) is 6.42 Å². The SMILES string of the molecule is NC1(Cc2ccccc2Cl)CC1C1CC1. The minimum atomic E-state index is 0.0617. The van der Waals surface area contributed by atoms with E-state index in [1.54, 1.807) is 0 Å². The Balaban J connectivity index is 1.73. The highest BCUT2D eigenvalue weighted by molar-refractivity contribution is 6.31. The first-order chi connectivity index (χ1) is 7.19. The van der Waals surface area contributed by atoms with Gasteiger partial charge >= 0.3 is 0 Å². The van der Waals surface area contributed by atoms with Gasteiger partial charge in [0, 0.05) is 10.6 Å². The summed E-state index contributed by atoms with van der Waals surface area (Å²) in [7, 11) is 0. The van der Waals surface area contributed by atoms with Crippen LogP contribution in [0.1, 0.15) is 24.8 Å². The van der Waals surface area contributed by atoms with Crippen LogP contribution < -0.4 is 5.73 Å². The Morgan fingerprint density at radius 2 is 2.07 bits per heavy atom. The van der Waals surface area contributed by atoms with Crippen molar-refractivity contribution in [3.8, 4) is 0 Å².